The number of nitro groups is 1. The molecule has 0 fully saturated rings. The predicted molar refractivity (Wildman–Crippen MR) is 82.6 cm³/mol. The third-order valence-electron chi connectivity index (χ3n) is 3.07. The molecule has 20 heavy (non-hydrogen) atoms. The first kappa shape index (κ1) is 14.7. The highest BCUT2D eigenvalue weighted by Crippen LogP contribution is 2.24. The maximum atomic E-state index is 10.7. The van der Waals surface area contributed by atoms with Crippen molar-refractivity contribution in [2.24, 2.45) is 5.73 Å². The highest BCUT2D eigenvalue weighted by Gasteiger charge is 2.12. The number of nitro benzene ring substituents is 1. The molecule has 0 aromatic heterocycles. The van der Waals surface area contributed by atoms with Crippen LogP contribution in [0.15, 0.2) is 53.0 Å². The Balaban J connectivity index is 2.04. The number of hydrogen-bond acceptors (Lipinski definition) is 3. The Morgan fingerprint density at radius 1 is 1.15 bits per heavy atom. The topological polar surface area (TPSA) is 69.2 Å². The van der Waals surface area contributed by atoms with Crippen LogP contribution in [0.25, 0.3) is 0 Å². The largest absolute Gasteiger partial charge is 0.327 e. The third kappa shape index (κ3) is 3.88. The standard InChI is InChI=1S/C15H15BrN2O2/c16-15-10-14(18(19)20)7-6-12(15)9-13(17)8-11-4-2-1-3-5-11/h1-7,10,13H,8-9,17H2. The maximum absolute atomic E-state index is 10.7. The number of rotatable bonds is 5. The van der Waals surface area contributed by atoms with Crippen molar-refractivity contribution in [1.29, 1.82) is 0 Å². The fourth-order valence-electron chi connectivity index (χ4n) is 2.09. The Bertz CT molecular complexity index is 602. The van der Waals surface area contributed by atoms with Gasteiger partial charge < -0.3 is 5.73 Å². The van der Waals surface area contributed by atoms with Gasteiger partial charge in [0.05, 0.1) is 4.92 Å². The molecule has 1 unspecified atom stereocenters. The van der Waals surface area contributed by atoms with Crippen LogP contribution < -0.4 is 5.73 Å². The Labute approximate surface area is 125 Å². The molecule has 2 rings (SSSR count). The van der Waals surface area contributed by atoms with Gasteiger partial charge in [0.1, 0.15) is 0 Å². The van der Waals surface area contributed by atoms with Crippen molar-refractivity contribution in [3.63, 3.8) is 0 Å². The van der Waals surface area contributed by atoms with Gasteiger partial charge in [-0.25, -0.2) is 0 Å². The molecule has 2 aromatic carbocycles. The Morgan fingerprint density at radius 2 is 1.85 bits per heavy atom. The minimum Gasteiger partial charge on any atom is -0.327 e. The van der Waals surface area contributed by atoms with Crippen LogP contribution in [0.3, 0.4) is 0 Å². The van der Waals surface area contributed by atoms with Gasteiger partial charge in [-0.3, -0.25) is 10.1 Å². The second-order valence-corrected chi connectivity index (χ2v) is 5.54. The smallest absolute Gasteiger partial charge is 0.270 e. The van der Waals surface area contributed by atoms with E-state index in [1.54, 1.807) is 6.07 Å². The van der Waals surface area contributed by atoms with E-state index in [0.717, 1.165) is 16.5 Å². The van der Waals surface area contributed by atoms with E-state index in [0.29, 0.717) is 6.42 Å². The minimum atomic E-state index is -0.404. The van der Waals surface area contributed by atoms with Crippen LogP contribution in [-0.4, -0.2) is 11.0 Å². The first-order chi connectivity index (χ1) is 9.56. The van der Waals surface area contributed by atoms with Gasteiger partial charge in [0.2, 0.25) is 0 Å². The molecule has 0 heterocycles. The summed E-state index contributed by atoms with van der Waals surface area (Å²) in [6.45, 7) is 0. The normalized spacial score (nSPS) is 12.1. The van der Waals surface area contributed by atoms with Crippen molar-refractivity contribution in [1.82, 2.24) is 0 Å². The summed E-state index contributed by atoms with van der Waals surface area (Å²) in [4.78, 5) is 10.3. The Kier molecular flexibility index (Phi) is 4.87. The lowest BCUT2D eigenvalue weighted by Crippen LogP contribution is -2.25. The van der Waals surface area contributed by atoms with Crippen LogP contribution in [0.2, 0.25) is 0 Å². The highest BCUT2D eigenvalue weighted by molar-refractivity contribution is 9.10. The van der Waals surface area contributed by atoms with Crippen LogP contribution in [0.5, 0.6) is 0 Å². The number of halogens is 1. The van der Waals surface area contributed by atoms with Crippen LogP contribution in [0, 0.1) is 10.1 Å². The van der Waals surface area contributed by atoms with Gasteiger partial charge in [-0.05, 0) is 24.0 Å². The molecule has 0 aliphatic rings. The summed E-state index contributed by atoms with van der Waals surface area (Å²) in [7, 11) is 0. The van der Waals surface area contributed by atoms with E-state index in [9.17, 15) is 10.1 Å². The van der Waals surface area contributed by atoms with Gasteiger partial charge in [0, 0.05) is 22.6 Å². The number of nitrogens with zero attached hydrogens (tertiary/aromatic N) is 1. The van der Waals surface area contributed by atoms with Crippen molar-refractivity contribution in [3.8, 4) is 0 Å². The highest BCUT2D eigenvalue weighted by atomic mass is 79.9. The fraction of sp³-hybridized carbons (Fsp3) is 0.200. The van der Waals surface area contributed by atoms with Crippen LogP contribution in [0.1, 0.15) is 11.1 Å². The van der Waals surface area contributed by atoms with Gasteiger partial charge in [-0.2, -0.15) is 0 Å². The van der Waals surface area contributed by atoms with Crippen molar-refractivity contribution in [3.05, 3.63) is 74.2 Å². The number of hydrogen-bond donors (Lipinski definition) is 1. The molecule has 0 spiro atoms. The molecule has 0 amide bonds. The molecule has 0 bridgehead atoms. The number of nitrogens with two attached hydrogens (primary N) is 1. The second kappa shape index (κ2) is 6.63. The molecule has 0 saturated heterocycles. The summed E-state index contributed by atoms with van der Waals surface area (Å²) in [5.41, 5.74) is 8.41. The number of benzene rings is 2. The summed E-state index contributed by atoms with van der Waals surface area (Å²) in [5, 5.41) is 10.7. The van der Waals surface area contributed by atoms with Gasteiger partial charge in [-0.1, -0.05) is 52.3 Å². The Hall–Kier alpha value is -1.72. The molecule has 1 atom stereocenters. The van der Waals surface area contributed by atoms with E-state index >= 15 is 0 Å². The van der Waals surface area contributed by atoms with Crippen molar-refractivity contribution < 1.29 is 4.92 Å². The van der Waals surface area contributed by atoms with E-state index in [1.165, 1.54) is 17.7 Å². The van der Waals surface area contributed by atoms with Crippen molar-refractivity contribution >= 4 is 21.6 Å². The first-order valence-corrected chi connectivity index (χ1v) is 7.08. The number of non-ortho nitro benzene ring substituents is 1. The monoisotopic (exact) mass is 334 g/mol. The zero-order valence-corrected chi connectivity index (χ0v) is 12.4. The van der Waals surface area contributed by atoms with Gasteiger partial charge in [0.15, 0.2) is 0 Å². The quantitative estimate of drug-likeness (QED) is 0.672. The maximum Gasteiger partial charge on any atom is 0.270 e. The molecular weight excluding hydrogens is 320 g/mol. The first-order valence-electron chi connectivity index (χ1n) is 6.28. The summed E-state index contributed by atoms with van der Waals surface area (Å²) in [6.07, 6.45) is 1.46. The SMILES string of the molecule is NC(Cc1ccccc1)Cc1ccc([N+](=O)[O-])cc1Br. The second-order valence-electron chi connectivity index (χ2n) is 4.69. The summed E-state index contributed by atoms with van der Waals surface area (Å²) in [6, 6.07) is 14.8. The van der Waals surface area contributed by atoms with Crippen molar-refractivity contribution in [2.75, 3.05) is 0 Å². The van der Waals surface area contributed by atoms with Gasteiger partial charge in [0.25, 0.3) is 5.69 Å². The lowest BCUT2D eigenvalue weighted by atomic mass is 10.00. The minimum absolute atomic E-state index is 0.0184. The molecule has 0 aliphatic carbocycles. The van der Waals surface area contributed by atoms with E-state index in [4.69, 9.17) is 5.73 Å². The Morgan fingerprint density at radius 3 is 2.45 bits per heavy atom. The van der Waals surface area contributed by atoms with Crippen LogP contribution >= 0.6 is 15.9 Å². The summed E-state index contributed by atoms with van der Waals surface area (Å²) in [5.74, 6) is 0. The molecule has 2 N–H and O–H groups in total. The molecule has 2 aromatic rings. The molecular formula is C15H15BrN2O2. The fourth-order valence-corrected chi connectivity index (χ4v) is 2.62. The lowest BCUT2D eigenvalue weighted by molar-refractivity contribution is -0.384. The molecule has 104 valence electrons. The average Bonchev–Trinajstić information content (AvgIpc) is 2.42. The lowest BCUT2D eigenvalue weighted by Gasteiger charge is -2.13. The molecule has 0 saturated carbocycles. The van der Waals surface area contributed by atoms with E-state index in [-0.39, 0.29) is 11.7 Å². The summed E-state index contributed by atoms with van der Waals surface area (Å²) >= 11 is 3.37. The zero-order chi connectivity index (χ0) is 14.5. The molecule has 0 aliphatic heterocycles. The molecule has 4 nitrogen and oxygen atoms in total. The molecule has 5 heteroatoms. The molecule has 0 radical (unpaired) electrons. The van der Waals surface area contributed by atoms with Gasteiger partial charge in [-0.15, -0.1) is 0 Å². The van der Waals surface area contributed by atoms with Crippen LogP contribution in [0.4, 0.5) is 5.69 Å². The zero-order valence-electron chi connectivity index (χ0n) is 10.8. The average molecular weight is 335 g/mol. The summed E-state index contributed by atoms with van der Waals surface area (Å²) < 4.78 is 0.732. The van der Waals surface area contributed by atoms with E-state index in [1.807, 2.05) is 30.3 Å². The van der Waals surface area contributed by atoms with E-state index < -0.39 is 4.92 Å². The van der Waals surface area contributed by atoms with E-state index in [2.05, 4.69) is 15.9 Å². The predicted octanol–water partition coefficient (Wildman–Crippen LogP) is 3.47. The third-order valence-corrected chi connectivity index (χ3v) is 3.81. The van der Waals surface area contributed by atoms with Gasteiger partial charge >= 0.3 is 0 Å². The van der Waals surface area contributed by atoms with Crippen LogP contribution in [-0.2, 0) is 12.8 Å². The van der Waals surface area contributed by atoms with Crippen molar-refractivity contribution in [2.45, 2.75) is 18.9 Å².